The van der Waals surface area contributed by atoms with Crippen molar-refractivity contribution in [3.05, 3.63) is 142 Å². The number of rotatable bonds is 6. The zero-order valence-corrected chi connectivity index (χ0v) is 22.5. The lowest BCUT2D eigenvalue weighted by molar-refractivity contribution is 0.0689. The highest BCUT2D eigenvalue weighted by molar-refractivity contribution is 5.90. The van der Waals surface area contributed by atoms with E-state index < -0.39 is 11.5 Å². The largest absolute Gasteiger partial charge is 0.477 e. The van der Waals surface area contributed by atoms with Gasteiger partial charge < -0.3 is 10.0 Å². The van der Waals surface area contributed by atoms with Crippen molar-refractivity contribution in [1.82, 2.24) is 9.78 Å². The Morgan fingerprint density at radius 3 is 2.24 bits per heavy atom. The lowest BCUT2D eigenvalue weighted by atomic mass is 10.0. The molecule has 0 spiro atoms. The molecule has 0 saturated heterocycles. The van der Waals surface area contributed by atoms with Crippen LogP contribution in [0.15, 0.2) is 114 Å². The van der Waals surface area contributed by atoms with Gasteiger partial charge in [0.05, 0.1) is 11.3 Å². The maximum atomic E-state index is 13.0. The zero-order valence-electron chi connectivity index (χ0n) is 22.5. The highest BCUT2D eigenvalue weighted by atomic mass is 16.4. The molecular weight excluding hydrogens is 510 g/mol. The van der Waals surface area contributed by atoms with Gasteiger partial charge in [-0.3, -0.25) is 9.89 Å². The summed E-state index contributed by atoms with van der Waals surface area (Å²) < 4.78 is 1.24. The smallest absolute Gasteiger partial charge is 0.354 e. The Labute approximate surface area is 238 Å². The minimum Gasteiger partial charge on any atom is -0.477 e. The van der Waals surface area contributed by atoms with Crippen LogP contribution in [-0.2, 0) is 6.42 Å². The summed E-state index contributed by atoms with van der Waals surface area (Å²) in [5, 5.41) is 12.4. The van der Waals surface area contributed by atoms with Crippen molar-refractivity contribution in [2.75, 3.05) is 11.4 Å². The van der Waals surface area contributed by atoms with Crippen LogP contribution in [0.5, 0.6) is 0 Å². The van der Waals surface area contributed by atoms with Crippen molar-refractivity contribution in [1.29, 1.82) is 0 Å². The summed E-state index contributed by atoms with van der Waals surface area (Å²) in [4.78, 5) is 27.2. The third-order valence-electron chi connectivity index (χ3n) is 7.39. The number of aryl methyl sites for hydroxylation is 1. The molecule has 0 aliphatic carbocycles. The van der Waals surface area contributed by atoms with Gasteiger partial charge in [-0.15, -0.1) is 5.73 Å². The van der Waals surface area contributed by atoms with Crippen molar-refractivity contribution in [3.63, 3.8) is 0 Å². The van der Waals surface area contributed by atoms with E-state index in [9.17, 15) is 14.7 Å². The number of aromatic amines is 1. The van der Waals surface area contributed by atoms with E-state index >= 15 is 0 Å². The number of aromatic nitrogens is 2. The van der Waals surface area contributed by atoms with E-state index in [1.54, 1.807) is 30.3 Å². The number of hydrogen-bond donors (Lipinski definition) is 2. The second-order valence-corrected chi connectivity index (χ2v) is 10.0. The molecule has 6 heteroatoms. The average molecular weight is 540 g/mol. The van der Waals surface area contributed by atoms with E-state index in [2.05, 4.69) is 76.4 Å². The van der Waals surface area contributed by atoms with Gasteiger partial charge in [-0.25, -0.2) is 9.48 Å². The number of carbonyl (C=O) groups is 1. The maximum absolute atomic E-state index is 13.0. The van der Waals surface area contributed by atoms with Gasteiger partial charge in [0.25, 0.3) is 5.56 Å². The van der Waals surface area contributed by atoms with Crippen LogP contribution < -0.4 is 10.5 Å². The van der Waals surface area contributed by atoms with Gasteiger partial charge in [0, 0.05) is 17.9 Å². The normalized spacial score (nSPS) is 12.6. The number of benzene rings is 4. The van der Waals surface area contributed by atoms with Crippen LogP contribution in [0.1, 0.15) is 40.0 Å². The quantitative estimate of drug-likeness (QED) is 0.222. The van der Waals surface area contributed by atoms with E-state index in [1.165, 1.54) is 38.8 Å². The first-order valence-electron chi connectivity index (χ1n) is 13.7. The maximum Gasteiger partial charge on any atom is 0.354 e. The molecule has 6 nitrogen and oxygen atoms in total. The van der Waals surface area contributed by atoms with Crippen LogP contribution in [-0.4, -0.2) is 27.4 Å². The predicted molar refractivity (Wildman–Crippen MR) is 164 cm³/mol. The molecule has 0 fully saturated rings. The highest BCUT2D eigenvalue weighted by Crippen LogP contribution is 2.34. The highest BCUT2D eigenvalue weighted by Gasteiger charge is 2.19. The molecule has 202 valence electrons. The van der Waals surface area contributed by atoms with Crippen molar-refractivity contribution in [2.45, 2.75) is 19.3 Å². The predicted octanol–water partition coefficient (Wildman–Crippen LogP) is 7.33. The van der Waals surface area contributed by atoms with Crippen molar-refractivity contribution < 1.29 is 9.90 Å². The Kier molecular flexibility index (Phi) is 7.23. The van der Waals surface area contributed by atoms with E-state index in [0.29, 0.717) is 5.69 Å². The first kappa shape index (κ1) is 25.9. The second-order valence-electron chi connectivity index (χ2n) is 10.0. The van der Waals surface area contributed by atoms with Gasteiger partial charge in [-0.2, -0.15) is 0 Å². The van der Waals surface area contributed by atoms with Gasteiger partial charge in [-0.1, -0.05) is 66.7 Å². The third kappa shape index (κ3) is 5.42. The standard InChI is InChI=1S/C35H29N3O3/c39-34-31(33(35(40)41)36-38(34)30-14-5-2-6-15-30)16-9-10-25-17-22-32-28(24-25)13-7-8-23-37(32)29-20-18-27(19-21-29)26-11-3-1-4-12-26/h1-6,10-12,14-22,24,36H,7-8,13,23H2,(H,40,41). The number of carboxylic acid groups (broad SMARTS) is 1. The minimum atomic E-state index is -1.20. The first-order valence-corrected chi connectivity index (χ1v) is 13.7. The molecule has 1 aliphatic heterocycles. The van der Waals surface area contributed by atoms with Crippen LogP contribution in [0.25, 0.3) is 29.0 Å². The third-order valence-corrected chi connectivity index (χ3v) is 7.39. The Bertz CT molecular complexity index is 1810. The van der Waals surface area contributed by atoms with Gasteiger partial charge >= 0.3 is 5.97 Å². The summed E-state index contributed by atoms with van der Waals surface area (Å²) in [5.74, 6) is -1.20. The number of anilines is 2. The fourth-order valence-electron chi connectivity index (χ4n) is 5.32. The molecule has 4 aromatic carbocycles. The molecule has 0 saturated carbocycles. The molecule has 0 amide bonds. The molecule has 0 unspecified atom stereocenters. The lowest BCUT2D eigenvalue weighted by Gasteiger charge is -2.25. The second kappa shape index (κ2) is 11.4. The topological polar surface area (TPSA) is 78.3 Å². The molecule has 1 aliphatic rings. The molecule has 1 aromatic heterocycles. The monoisotopic (exact) mass is 539 g/mol. The van der Waals surface area contributed by atoms with E-state index in [4.69, 9.17) is 0 Å². The summed E-state index contributed by atoms with van der Waals surface area (Å²) in [6.45, 7) is 0.950. The fourth-order valence-corrected chi connectivity index (χ4v) is 5.32. The number of aromatic carboxylic acids is 1. The number of para-hydroxylation sites is 1. The molecular formula is C35H29N3O3. The van der Waals surface area contributed by atoms with Crippen molar-refractivity contribution in [2.24, 2.45) is 0 Å². The molecule has 41 heavy (non-hydrogen) atoms. The van der Waals surface area contributed by atoms with E-state index in [-0.39, 0.29) is 11.3 Å². The van der Waals surface area contributed by atoms with Crippen LogP contribution in [0.3, 0.4) is 0 Å². The fraction of sp³-hybridized carbons (Fsp3) is 0.114. The number of H-pyrrole nitrogens is 1. The molecule has 2 N–H and O–H groups in total. The molecule has 0 bridgehead atoms. The number of nitrogens with zero attached hydrogens (tertiary/aromatic N) is 2. The van der Waals surface area contributed by atoms with Crippen LogP contribution in [0.2, 0.25) is 0 Å². The van der Waals surface area contributed by atoms with Gasteiger partial charge in [-0.05, 0) is 90.1 Å². The minimum absolute atomic E-state index is 0.0532. The summed E-state index contributed by atoms with van der Waals surface area (Å²) >= 11 is 0. The number of hydrogen-bond acceptors (Lipinski definition) is 3. The summed E-state index contributed by atoms with van der Waals surface area (Å²) in [6, 6.07) is 34.3. The van der Waals surface area contributed by atoms with Crippen LogP contribution in [0.4, 0.5) is 11.4 Å². The van der Waals surface area contributed by atoms with Crippen LogP contribution >= 0.6 is 0 Å². The first-order chi connectivity index (χ1) is 20.1. The van der Waals surface area contributed by atoms with E-state index in [1.807, 2.05) is 18.2 Å². The SMILES string of the molecule is O=C(O)c1[nH]n(-c2ccccc2)c(=O)c1C=C=Cc1ccc2c(c1)CCCCN2c1ccc(-c2ccccc2)cc1. The molecule has 0 atom stereocenters. The molecule has 0 radical (unpaired) electrons. The van der Waals surface area contributed by atoms with Crippen LogP contribution in [0, 0.1) is 0 Å². The Hall–Kier alpha value is -5.32. The van der Waals surface area contributed by atoms with Crippen molar-refractivity contribution >= 4 is 29.5 Å². The van der Waals surface area contributed by atoms with Gasteiger partial charge in [0.15, 0.2) is 5.69 Å². The van der Waals surface area contributed by atoms with E-state index in [0.717, 1.165) is 31.4 Å². The summed E-state index contributed by atoms with van der Waals surface area (Å²) in [5.41, 5.74) is 10.0. The van der Waals surface area contributed by atoms with Crippen molar-refractivity contribution in [3.8, 4) is 16.8 Å². The zero-order chi connectivity index (χ0) is 28.2. The summed E-state index contributed by atoms with van der Waals surface area (Å²) in [6.07, 6.45) is 6.39. The Balaban J connectivity index is 1.28. The lowest BCUT2D eigenvalue weighted by Crippen LogP contribution is -2.17. The van der Waals surface area contributed by atoms with Gasteiger partial charge in [0.2, 0.25) is 0 Å². The number of nitrogens with one attached hydrogen (secondary N) is 1. The summed E-state index contributed by atoms with van der Waals surface area (Å²) in [7, 11) is 0. The molecule has 5 aromatic rings. The Morgan fingerprint density at radius 2 is 1.51 bits per heavy atom. The number of carboxylic acids is 1. The number of fused-ring (bicyclic) bond motifs is 1. The molecule has 6 rings (SSSR count). The van der Waals surface area contributed by atoms with Gasteiger partial charge in [0.1, 0.15) is 0 Å². The molecule has 2 heterocycles. The average Bonchev–Trinajstić information content (AvgIpc) is 3.20. The Morgan fingerprint density at radius 1 is 0.805 bits per heavy atom.